The summed E-state index contributed by atoms with van der Waals surface area (Å²) in [5.41, 5.74) is -1.23. The molecule has 10 heteroatoms. The van der Waals surface area contributed by atoms with Crippen molar-refractivity contribution in [2.75, 3.05) is 0 Å². The minimum absolute atomic E-state index is 0.615. The fourth-order valence-corrected chi connectivity index (χ4v) is 0.905. The molecule has 0 atom stereocenters. The number of carboxylic acid groups (broad SMARTS) is 2. The molecule has 0 aromatic carbocycles. The minimum atomic E-state index is -1.90. The Bertz CT molecular complexity index is 531. The summed E-state index contributed by atoms with van der Waals surface area (Å²) in [6.45, 7) is 6.05. The first-order chi connectivity index (χ1) is 10.0. The van der Waals surface area contributed by atoms with E-state index < -0.39 is 59.8 Å². The Balaban J connectivity index is 4.53. The molecule has 0 saturated carbocycles. The number of hydrogen-bond acceptors (Lipinski definition) is 8. The molecule has 0 unspecified atom stereocenters. The van der Waals surface area contributed by atoms with Gasteiger partial charge in [0, 0.05) is 11.1 Å². The summed E-state index contributed by atoms with van der Waals surface area (Å²) < 4.78 is 7.85. The second-order valence-corrected chi connectivity index (χ2v) is 3.70. The van der Waals surface area contributed by atoms with Crippen LogP contribution in [0.25, 0.3) is 0 Å². The fraction of sp³-hybridized carbons (Fsp3) is 0.167. The van der Waals surface area contributed by atoms with E-state index in [1.54, 1.807) is 0 Å². The third kappa shape index (κ3) is 6.75. The minimum Gasteiger partial charge on any atom is -0.481 e. The van der Waals surface area contributed by atoms with E-state index in [2.05, 4.69) is 22.6 Å². The molecule has 2 N–H and O–H groups in total. The normalized spacial score (nSPS) is 9.27. The van der Waals surface area contributed by atoms with Gasteiger partial charge < -0.3 is 19.7 Å². The van der Waals surface area contributed by atoms with E-state index >= 15 is 0 Å². The van der Waals surface area contributed by atoms with Crippen LogP contribution in [0, 0.1) is 0 Å². The van der Waals surface area contributed by atoms with Gasteiger partial charge in [-0.1, -0.05) is 13.2 Å². The van der Waals surface area contributed by atoms with Gasteiger partial charge in [-0.2, -0.15) is 0 Å². The predicted octanol–water partition coefficient (Wildman–Crippen LogP) is -0.812. The number of esters is 4. The van der Waals surface area contributed by atoms with Crippen LogP contribution in [0.15, 0.2) is 24.3 Å². The van der Waals surface area contributed by atoms with Crippen molar-refractivity contribution in [3.05, 3.63) is 24.3 Å². The second-order valence-electron chi connectivity index (χ2n) is 3.70. The van der Waals surface area contributed by atoms with Gasteiger partial charge in [0.15, 0.2) is 0 Å². The van der Waals surface area contributed by atoms with Crippen molar-refractivity contribution in [2.24, 2.45) is 0 Å². The van der Waals surface area contributed by atoms with Crippen LogP contribution in [0.5, 0.6) is 0 Å². The van der Waals surface area contributed by atoms with Crippen LogP contribution in [-0.2, 0) is 38.2 Å². The molecule has 0 rings (SSSR count). The third-order valence-corrected chi connectivity index (χ3v) is 1.84. The van der Waals surface area contributed by atoms with E-state index in [1.165, 1.54) is 0 Å². The second kappa shape index (κ2) is 8.09. The highest BCUT2D eigenvalue weighted by Gasteiger charge is 2.27. The van der Waals surface area contributed by atoms with Crippen molar-refractivity contribution in [1.29, 1.82) is 0 Å². The summed E-state index contributed by atoms with van der Waals surface area (Å²) in [5.74, 6) is -9.60. The van der Waals surface area contributed by atoms with Crippen molar-refractivity contribution in [3.63, 3.8) is 0 Å². The fourth-order valence-electron chi connectivity index (χ4n) is 0.905. The average Bonchev–Trinajstić information content (AvgIpc) is 2.36. The van der Waals surface area contributed by atoms with Crippen LogP contribution in [-0.4, -0.2) is 46.0 Å². The summed E-state index contributed by atoms with van der Waals surface area (Å²) in [5, 5.41) is 16.8. The molecular formula is C12H10O10. The van der Waals surface area contributed by atoms with E-state index in [4.69, 9.17) is 10.2 Å². The van der Waals surface area contributed by atoms with Gasteiger partial charge in [-0.3, -0.25) is 9.59 Å². The molecule has 0 aliphatic rings. The van der Waals surface area contributed by atoms with Crippen molar-refractivity contribution >= 4 is 35.8 Å². The molecule has 22 heavy (non-hydrogen) atoms. The molecule has 0 aliphatic heterocycles. The Hall–Kier alpha value is -3.30. The zero-order chi connectivity index (χ0) is 17.4. The SMILES string of the molecule is C=C(CC(=O)O)C(=O)OC(=O)C(=O)OC(=O)C(=C)CC(=O)O. The number of carbonyl (C=O) groups excluding carboxylic acids is 4. The molecule has 0 spiro atoms. The van der Waals surface area contributed by atoms with Crippen LogP contribution in [0.2, 0.25) is 0 Å². The zero-order valence-electron chi connectivity index (χ0n) is 11.0. The number of carboxylic acids is 2. The van der Waals surface area contributed by atoms with Crippen LogP contribution in [0.1, 0.15) is 12.8 Å². The summed E-state index contributed by atoms with van der Waals surface area (Å²) >= 11 is 0. The molecule has 0 bridgehead atoms. The molecule has 0 radical (unpaired) electrons. The van der Waals surface area contributed by atoms with E-state index in [1.807, 2.05) is 0 Å². The maximum Gasteiger partial charge on any atom is 0.425 e. The molecule has 0 aromatic heterocycles. The Labute approximate surface area is 122 Å². The Morgan fingerprint density at radius 1 is 0.636 bits per heavy atom. The molecule has 0 aliphatic carbocycles. The Morgan fingerprint density at radius 3 is 1.14 bits per heavy atom. The maximum atomic E-state index is 11.2. The topological polar surface area (TPSA) is 161 Å². The highest BCUT2D eigenvalue weighted by molar-refractivity contribution is 6.34. The molecule has 10 nitrogen and oxygen atoms in total. The zero-order valence-corrected chi connectivity index (χ0v) is 11.0. The molecular weight excluding hydrogens is 304 g/mol. The van der Waals surface area contributed by atoms with Gasteiger partial charge in [-0.25, -0.2) is 19.2 Å². The maximum absolute atomic E-state index is 11.2. The van der Waals surface area contributed by atoms with Gasteiger partial charge in [-0.05, 0) is 0 Å². The number of rotatable bonds is 6. The van der Waals surface area contributed by atoms with Crippen molar-refractivity contribution < 1.29 is 48.5 Å². The standard InChI is InChI=1S/C12H10O10/c1-5(3-7(13)14)9(17)21-11(19)12(20)22-10(18)6(2)4-8(15)16/h1-4H2,(H,13,14)(H,15,16). The van der Waals surface area contributed by atoms with Gasteiger partial charge in [0.05, 0.1) is 12.8 Å². The Morgan fingerprint density at radius 2 is 0.909 bits per heavy atom. The summed E-state index contributed by atoms with van der Waals surface area (Å²) in [4.78, 5) is 65.2. The molecule has 0 saturated heterocycles. The molecule has 0 heterocycles. The smallest absolute Gasteiger partial charge is 0.425 e. The average molecular weight is 314 g/mol. The highest BCUT2D eigenvalue weighted by Crippen LogP contribution is 2.04. The highest BCUT2D eigenvalue weighted by atomic mass is 16.6. The summed E-state index contributed by atoms with van der Waals surface area (Å²) in [7, 11) is 0. The first kappa shape index (κ1) is 18.7. The largest absolute Gasteiger partial charge is 0.481 e. The number of ether oxygens (including phenoxy) is 2. The molecule has 0 fully saturated rings. The number of aliphatic carboxylic acids is 2. The lowest BCUT2D eigenvalue weighted by molar-refractivity contribution is -0.175. The van der Waals surface area contributed by atoms with Crippen LogP contribution < -0.4 is 0 Å². The van der Waals surface area contributed by atoms with Crippen LogP contribution in [0.3, 0.4) is 0 Å². The molecule has 118 valence electrons. The summed E-state index contributed by atoms with van der Waals surface area (Å²) in [6.07, 6.45) is -1.65. The van der Waals surface area contributed by atoms with Gasteiger partial charge in [0.1, 0.15) is 0 Å². The van der Waals surface area contributed by atoms with Crippen LogP contribution in [0.4, 0.5) is 0 Å². The van der Waals surface area contributed by atoms with E-state index in [0.717, 1.165) is 0 Å². The van der Waals surface area contributed by atoms with E-state index in [-0.39, 0.29) is 0 Å². The van der Waals surface area contributed by atoms with Gasteiger partial charge in [0.25, 0.3) is 0 Å². The number of hydrogen-bond donors (Lipinski definition) is 2. The molecule has 0 amide bonds. The van der Waals surface area contributed by atoms with Crippen molar-refractivity contribution in [2.45, 2.75) is 12.8 Å². The summed E-state index contributed by atoms with van der Waals surface area (Å²) in [6, 6.07) is 0. The molecule has 0 aromatic rings. The van der Waals surface area contributed by atoms with Crippen molar-refractivity contribution in [1.82, 2.24) is 0 Å². The van der Waals surface area contributed by atoms with Crippen molar-refractivity contribution in [3.8, 4) is 0 Å². The lowest BCUT2D eigenvalue weighted by Crippen LogP contribution is -2.27. The quantitative estimate of drug-likeness (QED) is 0.274. The monoisotopic (exact) mass is 314 g/mol. The van der Waals surface area contributed by atoms with Gasteiger partial charge in [0.2, 0.25) is 0 Å². The van der Waals surface area contributed by atoms with E-state index in [9.17, 15) is 28.8 Å². The lowest BCUT2D eigenvalue weighted by atomic mass is 10.2. The van der Waals surface area contributed by atoms with Crippen LogP contribution >= 0.6 is 0 Å². The number of carbonyl (C=O) groups is 6. The van der Waals surface area contributed by atoms with E-state index in [0.29, 0.717) is 0 Å². The van der Waals surface area contributed by atoms with Gasteiger partial charge >= 0.3 is 35.8 Å². The van der Waals surface area contributed by atoms with Gasteiger partial charge in [-0.15, -0.1) is 0 Å². The first-order valence-electron chi connectivity index (χ1n) is 5.36. The predicted molar refractivity (Wildman–Crippen MR) is 65.0 cm³/mol. The third-order valence-electron chi connectivity index (χ3n) is 1.84. The first-order valence-corrected chi connectivity index (χ1v) is 5.36. The Kier molecular flexibility index (Phi) is 6.88. The lowest BCUT2D eigenvalue weighted by Gasteiger charge is -2.04.